The molecule has 29 heavy (non-hydrogen) atoms. The summed E-state index contributed by atoms with van der Waals surface area (Å²) >= 11 is 0. The molecule has 0 unspecified atom stereocenters. The molecule has 0 saturated carbocycles. The van der Waals surface area contributed by atoms with Gasteiger partial charge in [0, 0.05) is 24.9 Å². The van der Waals surface area contributed by atoms with E-state index in [0.29, 0.717) is 53.1 Å². The number of carbonyl (C=O) groups is 2. The number of likely N-dealkylation sites (N-methyl/N-ethyl adjacent to an activating group) is 1. The van der Waals surface area contributed by atoms with Crippen molar-refractivity contribution in [3.63, 3.8) is 0 Å². The van der Waals surface area contributed by atoms with E-state index in [9.17, 15) is 9.59 Å². The molecule has 0 fully saturated rings. The molecule has 0 atom stereocenters. The SMILES string of the molecule is COc1cc(NC(=O)Nc2ccc3c(c2)C(=O)N(C)CCO3)cc(OC)c1OC. The summed E-state index contributed by atoms with van der Waals surface area (Å²) in [5.41, 5.74) is 1.31. The minimum Gasteiger partial charge on any atom is -0.493 e. The van der Waals surface area contributed by atoms with E-state index in [1.54, 1.807) is 42.3 Å². The van der Waals surface area contributed by atoms with Gasteiger partial charge in [0.15, 0.2) is 11.5 Å². The molecule has 0 spiro atoms. The maximum Gasteiger partial charge on any atom is 0.323 e. The van der Waals surface area contributed by atoms with Gasteiger partial charge in [0.1, 0.15) is 12.4 Å². The Morgan fingerprint density at radius 1 is 1.00 bits per heavy atom. The molecule has 0 bridgehead atoms. The van der Waals surface area contributed by atoms with Crippen LogP contribution in [0.1, 0.15) is 10.4 Å². The number of urea groups is 1. The molecule has 2 aromatic carbocycles. The first-order valence-corrected chi connectivity index (χ1v) is 8.87. The molecular weight excluding hydrogens is 378 g/mol. The second-order valence-corrected chi connectivity index (χ2v) is 6.28. The van der Waals surface area contributed by atoms with Gasteiger partial charge in [-0.05, 0) is 18.2 Å². The highest BCUT2D eigenvalue weighted by Crippen LogP contribution is 2.40. The molecule has 0 aromatic heterocycles. The first-order valence-electron chi connectivity index (χ1n) is 8.87. The van der Waals surface area contributed by atoms with Crippen molar-refractivity contribution in [2.45, 2.75) is 0 Å². The summed E-state index contributed by atoms with van der Waals surface area (Å²) in [5, 5.41) is 5.42. The Kier molecular flexibility index (Phi) is 5.96. The first kappa shape index (κ1) is 20.1. The highest BCUT2D eigenvalue weighted by atomic mass is 16.5. The molecule has 1 aliphatic heterocycles. The standard InChI is InChI=1S/C20H23N3O6/c1-23-7-8-29-15-6-5-12(9-14(15)19(23)24)21-20(25)22-13-10-16(26-2)18(28-4)17(11-13)27-3/h5-6,9-11H,7-8H2,1-4H3,(H2,21,22,25). The third-order valence-corrected chi connectivity index (χ3v) is 4.42. The molecule has 2 aromatic rings. The van der Waals surface area contributed by atoms with Gasteiger partial charge < -0.3 is 34.5 Å². The van der Waals surface area contributed by atoms with Crippen LogP contribution >= 0.6 is 0 Å². The van der Waals surface area contributed by atoms with Crippen molar-refractivity contribution >= 4 is 23.3 Å². The smallest absolute Gasteiger partial charge is 0.323 e. The van der Waals surface area contributed by atoms with E-state index in [4.69, 9.17) is 18.9 Å². The van der Waals surface area contributed by atoms with Crippen LogP contribution in [-0.2, 0) is 0 Å². The van der Waals surface area contributed by atoms with Gasteiger partial charge in [-0.1, -0.05) is 0 Å². The highest BCUT2D eigenvalue weighted by Gasteiger charge is 2.21. The van der Waals surface area contributed by atoms with Crippen molar-refractivity contribution in [3.05, 3.63) is 35.9 Å². The lowest BCUT2D eigenvalue weighted by Gasteiger charge is -2.15. The Hall–Kier alpha value is -3.62. The summed E-state index contributed by atoms with van der Waals surface area (Å²) < 4.78 is 21.4. The van der Waals surface area contributed by atoms with Crippen LogP contribution in [0.2, 0.25) is 0 Å². The summed E-state index contributed by atoms with van der Waals surface area (Å²) in [6.45, 7) is 0.918. The van der Waals surface area contributed by atoms with Gasteiger partial charge in [0.2, 0.25) is 5.75 Å². The van der Waals surface area contributed by atoms with Crippen molar-refractivity contribution in [2.24, 2.45) is 0 Å². The monoisotopic (exact) mass is 401 g/mol. The maximum absolute atomic E-state index is 12.5. The van der Waals surface area contributed by atoms with Gasteiger partial charge in [-0.25, -0.2) is 4.79 Å². The zero-order chi connectivity index (χ0) is 21.0. The summed E-state index contributed by atoms with van der Waals surface area (Å²) in [6.07, 6.45) is 0. The molecule has 0 aliphatic carbocycles. The van der Waals surface area contributed by atoms with Gasteiger partial charge in [0.05, 0.1) is 39.1 Å². The number of amides is 3. The van der Waals surface area contributed by atoms with Crippen LogP contribution < -0.4 is 29.6 Å². The van der Waals surface area contributed by atoms with Gasteiger partial charge in [-0.3, -0.25) is 4.79 Å². The molecule has 9 nitrogen and oxygen atoms in total. The van der Waals surface area contributed by atoms with Gasteiger partial charge in [0.25, 0.3) is 5.91 Å². The normalized spacial score (nSPS) is 13.0. The Labute approximate surface area is 168 Å². The number of ether oxygens (including phenoxy) is 4. The quantitative estimate of drug-likeness (QED) is 0.800. The van der Waals surface area contributed by atoms with Crippen LogP contribution in [0.15, 0.2) is 30.3 Å². The Morgan fingerprint density at radius 3 is 2.28 bits per heavy atom. The highest BCUT2D eigenvalue weighted by molar-refractivity contribution is 6.02. The minimum atomic E-state index is -0.491. The topological polar surface area (TPSA) is 98.4 Å². The molecular formula is C20H23N3O6. The number of hydrogen-bond acceptors (Lipinski definition) is 6. The van der Waals surface area contributed by atoms with E-state index in [1.165, 1.54) is 21.3 Å². The first-order chi connectivity index (χ1) is 14.0. The second-order valence-electron chi connectivity index (χ2n) is 6.28. The van der Waals surface area contributed by atoms with E-state index in [2.05, 4.69) is 10.6 Å². The third-order valence-electron chi connectivity index (χ3n) is 4.42. The van der Waals surface area contributed by atoms with Crippen LogP contribution in [0, 0.1) is 0 Å². The summed E-state index contributed by atoms with van der Waals surface area (Å²) in [5.74, 6) is 1.59. The fourth-order valence-electron chi connectivity index (χ4n) is 2.95. The molecule has 9 heteroatoms. The zero-order valence-corrected chi connectivity index (χ0v) is 16.7. The molecule has 0 radical (unpaired) electrons. The Balaban J connectivity index is 1.78. The second kappa shape index (κ2) is 8.59. The fraction of sp³-hybridized carbons (Fsp3) is 0.300. The van der Waals surface area contributed by atoms with Crippen molar-refractivity contribution < 1.29 is 28.5 Å². The molecule has 154 valence electrons. The lowest BCUT2D eigenvalue weighted by molar-refractivity contribution is 0.0796. The van der Waals surface area contributed by atoms with E-state index < -0.39 is 6.03 Å². The number of benzene rings is 2. The van der Waals surface area contributed by atoms with E-state index in [-0.39, 0.29) is 5.91 Å². The molecule has 1 aliphatic rings. The van der Waals surface area contributed by atoms with Gasteiger partial charge >= 0.3 is 6.03 Å². The van der Waals surface area contributed by atoms with Crippen molar-refractivity contribution in [1.82, 2.24) is 4.90 Å². The average molecular weight is 401 g/mol. The molecule has 1 heterocycles. The fourth-order valence-corrected chi connectivity index (χ4v) is 2.95. The Morgan fingerprint density at radius 2 is 1.66 bits per heavy atom. The summed E-state index contributed by atoms with van der Waals surface area (Å²) in [4.78, 5) is 26.5. The number of rotatable bonds is 5. The third kappa shape index (κ3) is 4.29. The number of fused-ring (bicyclic) bond motifs is 1. The summed E-state index contributed by atoms with van der Waals surface area (Å²) in [6, 6.07) is 7.67. The predicted molar refractivity (Wildman–Crippen MR) is 108 cm³/mol. The van der Waals surface area contributed by atoms with Crippen molar-refractivity contribution in [3.8, 4) is 23.0 Å². The molecule has 0 saturated heterocycles. The van der Waals surface area contributed by atoms with Gasteiger partial charge in [-0.2, -0.15) is 0 Å². The minimum absolute atomic E-state index is 0.161. The average Bonchev–Trinajstić information content (AvgIpc) is 2.85. The van der Waals surface area contributed by atoms with Crippen LogP contribution in [0.3, 0.4) is 0 Å². The number of hydrogen-bond donors (Lipinski definition) is 2. The van der Waals surface area contributed by atoms with Crippen molar-refractivity contribution in [1.29, 1.82) is 0 Å². The molecule has 2 N–H and O–H groups in total. The van der Waals surface area contributed by atoms with Crippen LogP contribution in [0.4, 0.5) is 16.2 Å². The van der Waals surface area contributed by atoms with Gasteiger partial charge in [-0.15, -0.1) is 0 Å². The van der Waals surface area contributed by atoms with E-state index in [1.807, 2.05) is 0 Å². The molecule has 3 amide bonds. The lowest BCUT2D eigenvalue weighted by Crippen LogP contribution is -2.28. The number of methoxy groups -OCH3 is 3. The number of carbonyl (C=O) groups excluding carboxylic acids is 2. The number of nitrogens with zero attached hydrogens (tertiary/aromatic N) is 1. The largest absolute Gasteiger partial charge is 0.493 e. The number of anilines is 2. The van der Waals surface area contributed by atoms with E-state index >= 15 is 0 Å². The van der Waals surface area contributed by atoms with E-state index in [0.717, 1.165) is 0 Å². The van der Waals surface area contributed by atoms with Crippen LogP contribution in [0.25, 0.3) is 0 Å². The predicted octanol–water partition coefficient (Wildman–Crippen LogP) is 2.82. The maximum atomic E-state index is 12.5. The van der Waals surface area contributed by atoms with Crippen LogP contribution in [-0.4, -0.2) is 58.4 Å². The Bertz CT molecular complexity index is 905. The van der Waals surface area contributed by atoms with Crippen molar-refractivity contribution in [2.75, 3.05) is 52.2 Å². The number of nitrogens with one attached hydrogen (secondary N) is 2. The molecule has 3 rings (SSSR count). The summed E-state index contributed by atoms with van der Waals surface area (Å²) in [7, 11) is 6.19. The lowest BCUT2D eigenvalue weighted by atomic mass is 10.1. The van der Waals surface area contributed by atoms with Crippen LogP contribution in [0.5, 0.6) is 23.0 Å². The zero-order valence-electron chi connectivity index (χ0n) is 16.7.